The van der Waals surface area contributed by atoms with Crippen LogP contribution in [0.5, 0.6) is 5.75 Å². The molecule has 0 radical (unpaired) electrons. The third-order valence-electron chi connectivity index (χ3n) is 4.40. The molecular weight excluding hydrogens is 308 g/mol. The zero-order valence-electron chi connectivity index (χ0n) is 13.8. The first kappa shape index (κ1) is 16.4. The largest absolute Gasteiger partial charge is 0.495 e. The topological polar surface area (TPSA) is 80.5 Å². The SMILES string of the molecule is COc1cccnc1CN1CCC[C@@H](c2ccnn2CC(=O)O)C1. The highest BCUT2D eigenvalue weighted by molar-refractivity contribution is 5.66. The van der Waals surface area contributed by atoms with Gasteiger partial charge in [-0.1, -0.05) is 0 Å². The summed E-state index contributed by atoms with van der Waals surface area (Å²) in [6.07, 6.45) is 5.57. The van der Waals surface area contributed by atoms with Gasteiger partial charge in [0.05, 0.1) is 12.8 Å². The lowest BCUT2D eigenvalue weighted by Crippen LogP contribution is -2.35. The fourth-order valence-corrected chi connectivity index (χ4v) is 3.33. The number of hydrogen-bond acceptors (Lipinski definition) is 5. The zero-order valence-corrected chi connectivity index (χ0v) is 13.8. The van der Waals surface area contributed by atoms with Gasteiger partial charge in [0, 0.05) is 37.1 Å². The van der Waals surface area contributed by atoms with E-state index in [0.717, 1.165) is 49.6 Å². The molecule has 0 spiro atoms. The van der Waals surface area contributed by atoms with Gasteiger partial charge in [0.25, 0.3) is 0 Å². The number of likely N-dealkylation sites (tertiary alicyclic amines) is 1. The van der Waals surface area contributed by atoms with Crippen molar-refractivity contribution in [3.05, 3.63) is 42.0 Å². The summed E-state index contributed by atoms with van der Waals surface area (Å²) in [7, 11) is 1.66. The van der Waals surface area contributed by atoms with E-state index in [1.807, 2.05) is 18.2 Å². The molecule has 2 aromatic rings. The number of rotatable bonds is 6. The molecule has 2 aromatic heterocycles. The van der Waals surface area contributed by atoms with Crippen LogP contribution >= 0.6 is 0 Å². The van der Waals surface area contributed by atoms with Gasteiger partial charge < -0.3 is 9.84 Å². The van der Waals surface area contributed by atoms with Gasteiger partial charge in [-0.05, 0) is 37.6 Å². The molecule has 7 nitrogen and oxygen atoms in total. The molecule has 0 aliphatic carbocycles. The maximum atomic E-state index is 11.0. The van der Waals surface area contributed by atoms with E-state index in [9.17, 15) is 4.79 Å². The highest BCUT2D eigenvalue weighted by Gasteiger charge is 2.25. The van der Waals surface area contributed by atoms with Crippen LogP contribution in [0, 0.1) is 0 Å². The van der Waals surface area contributed by atoms with E-state index in [0.29, 0.717) is 0 Å². The summed E-state index contributed by atoms with van der Waals surface area (Å²) in [4.78, 5) is 17.8. The molecule has 24 heavy (non-hydrogen) atoms. The third kappa shape index (κ3) is 3.73. The zero-order chi connectivity index (χ0) is 16.9. The Morgan fingerprint density at radius 2 is 2.29 bits per heavy atom. The van der Waals surface area contributed by atoms with Crippen LogP contribution in [0.15, 0.2) is 30.6 Å². The van der Waals surface area contributed by atoms with Crippen LogP contribution in [0.1, 0.15) is 30.1 Å². The number of piperidine rings is 1. The number of methoxy groups -OCH3 is 1. The molecule has 0 bridgehead atoms. The van der Waals surface area contributed by atoms with Crippen molar-refractivity contribution in [1.29, 1.82) is 0 Å². The van der Waals surface area contributed by atoms with Crippen molar-refractivity contribution in [3.63, 3.8) is 0 Å². The lowest BCUT2D eigenvalue weighted by molar-refractivity contribution is -0.137. The molecule has 1 atom stereocenters. The van der Waals surface area contributed by atoms with E-state index in [4.69, 9.17) is 9.84 Å². The molecule has 1 fully saturated rings. The van der Waals surface area contributed by atoms with Gasteiger partial charge >= 0.3 is 5.97 Å². The second kappa shape index (κ2) is 7.44. The van der Waals surface area contributed by atoms with Crippen LogP contribution in [-0.4, -0.2) is 50.9 Å². The Labute approximate surface area is 140 Å². The van der Waals surface area contributed by atoms with Crippen LogP contribution in [-0.2, 0) is 17.9 Å². The molecule has 1 aliphatic rings. The predicted molar refractivity (Wildman–Crippen MR) is 87.9 cm³/mol. The summed E-state index contributed by atoms with van der Waals surface area (Å²) in [6.45, 7) is 2.51. The minimum Gasteiger partial charge on any atom is -0.495 e. The van der Waals surface area contributed by atoms with Crippen molar-refractivity contribution in [1.82, 2.24) is 19.7 Å². The molecule has 7 heteroatoms. The molecule has 3 rings (SSSR count). The molecule has 1 aliphatic heterocycles. The van der Waals surface area contributed by atoms with E-state index in [2.05, 4.69) is 15.0 Å². The Bertz CT molecular complexity index is 701. The summed E-state index contributed by atoms with van der Waals surface area (Å²) in [5.74, 6) is 0.219. The van der Waals surface area contributed by atoms with Crippen LogP contribution < -0.4 is 4.74 Å². The molecular formula is C17H22N4O3. The summed E-state index contributed by atoms with van der Waals surface area (Å²) < 4.78 is 6.98. The highest BCUT2D eigenvalue weighted by atomic mass is 16.5. The number of hydrogen-bond donors (Lipinski definition) is 1. The first-order chi connectivity index (χ1) is 11.7. The van der Waals surface area contributed by atoms with E-state index in [-0.39, 0.29) is 12.5 Å². The molecule has 1 saturated heterocycles. The van der Waals surface area contributed by atoms with E-state index >= 15 is 0 Å². The van der Waals surface area contributed by atoms with Gasteiger partial charge in [-0.15, -0.1) is 0 Å². The van der Waals surface area contributed by atoms with Gasteiger partial charge in [-0.2, -0.15) is 5.10 Å². The van der Waals surface area contributed by atoms with Gasteiger partial charge in [0.2, 0.25) is 0 Å². The summed E-state index contributed by atoms with van der Waals surface area (Å²) >= 11 is 0. The molecule has 0 saturated carbocycles. The Balaban J connectivity index is 1.71. The highest BCUT2D eigenvalue weighted by Crippen LogP contribution is 2.28. The summed E-state index contributed by atoms with van der Waals surface area (Å²) in [6, 6.07) is 5.72. The average Bonchev–Trinajstić information content (AvgIpc) is 3.03. The van der Waals surface area contributed by atoms with E-state index in [1.165, 1.54) is 0 Å². The number of aromatic nitrogens is 3. The van der Waals surface area contributed by atoms with Crippen LogP contribution in [0.25, 0.3) is 0 Å². The Kier molecular flexibility index (Phi) is 5.10. The number of pyridine rings is 1. The van der Waals surface area contributed by atoms with Crippen molar-refractivity contribution in [2.45, 2.75) is 31.8 Å². The Morgan fingerprint density at radius 3 is 3.08 bits per heavy atom. The van der Waals surface area contributed by atoms with Gasteiger partial charge in [0.1, 0.15) is 12.3 Å². The first-order valence-electron chi connectivity index (χ1n) is 8.11. The second-order valence-electron chi connectivity index (χ2n) is 6.03. The standard InChI is InChI=1S/C17H22N4O3/c1-24-16-5-2-7-18-14(16)11-20-9-3-4-13(10-20)15-6-8-19-21(15)12-17(22)23/h2,5-8,13H,3-4,9-12H2,1H3,(H,22,23)/t13-/m1/s1. The molecule has 0 unspecified atom stereocenters. The Morgan fingerprint density at radius 1 is 1.42 bits per heavy atom. The van der Waals surface area contributed by atoms with Crippen molar-refractivity contribution in [3.8, 4) is 5.75 Å². The maximum Gasteiger partial charge on any atom is 0.325 e. The summed E-state index contributed by atoms with van der Waals surface area (Å²) in [5.41, 5.74) is 1.93. The van der Waals surface area contributed by atoms with Crippen molar-refractivity contribution >= 4 is 5.97 Å². The van der Waals surface area contributed by atoms with Gasteiger partial charge in [-0.3, -0.25) is 19.4 Å². The number of carbonyl (C=O) groups is 1. The number of nitrogens with zero attached hydrogens (tertiary/aromatic N) is 4. The van der Waals surface area contributed by atoms with Gasteiger partial charge in [0.15, 0.2) is 0 Å². The molecule has 128 valence electrons. The van der Waals surface area contributed by atoms with Crippen molar-refractivity contribution in [2.24, 2.45) is 0 Å². The van der Waals surface area contributed by atoms with E-state index < -0.39 is 5.97 Å². The predicted octanol–water partition coefficient (Wildman–Crippen LogP) is 1.75. The van der Waals surface area contributed by atoms with E-state index in [1.54, 1.807) is 24.2 Å². The quantitative estimate of drug-likeness (QED) is 0.869. The molecule has 3 heterocycles. The average molecular weight is 330 g/mol. The minimum absolute atomic E-state index is 0.0904. The number of carboxylic acids is 1. The lowest BCUT2D eigenvalue weighted by Gasteiger charge is -2.32. The molecule has 0 amide bonds. The Hall–Kier alpha value is -2.41. The molecule has 0 aromatic carbocycles. The number of aliphatic carboxylic acids is 1. The minimum atomic E-state index is -0.870. The van der Waals surface area contributed by atoms with Crippen molar-refractivity contribution < 1.29 is 14.6 Å². The van der Waals surface area contributed by atoms with Crippen LogP contribution in [0.4, 0.5) is 0 Å². The smallest absolute Gasteiger partial charge is 0.325 e. The monoisotopic (exact) mass is 330 g/mol. The summed E-state index contributed by atoms with van der Waals surface area (Å²) in [5, 5.41) is 13.2. The fourth-order valence-electron chi connectivity index (χ4n) is 3.33. The van der Waals surface area contributed by atoms with Crippen molar-refractivity contribution in [2.75, 3.05) is 20.2 Å². The normalized spacial score (nSPS) is 18.5. The molecule has 1 N–H and O–H groups in total. The van der Waals surface area contributed by atoms with Crippen LogP contribution in [0.2, 0.25) is 0 Å². The first-order valence-corrected chi connectivity index (χ1v) is 8.11. The number of carboxylic acid groups (broad SMARTS) is 1. The third-order valence-corrected chi connectivity index (χ3v) is 4.40. The maximum absolute atomic E-state index is 11.0. The van der Waals surface area contributed by atoms with Crippen LogP contribution in [0.3, 0.4) is 0 Å². The number of ether oxygens (including phenoxy) is 1. The van der Waals surface area contributed by atoms with Gasteiger partial charge in [-0.25, -0.2) is 0 Å². The fraction of sp³-hybridized carbons (Fsp3) is 0.471. The lowest BCUT2D eigenvalue weighted by atomic mass is 9.94. The second-order valence-corrected chi connectivity index (χ2v) is 6.03.